The summed E-state index contributed by atoms with van der Waals surface area (Å²) in [6.07, 6.45) is 0. The van der Waals surface area contributed by atoms with E-state index in [-0.39, 0.29) is 11.9 Å². The number of nitrogens with zero attached hydrogens (tertiary/aromatic N) is 4. The highest BCUT2D eigenvalue weighted by atomic mass is 15.5. The van der Waals surface area contributed by atoms with Gasteiger partial charge in [0.05, 0.1) is 0 Å². The maximum atomic E-state index is 5.33. The van der Waals surface area contributed by atoms with Gasteiger partial charge in [-0.25, -0.2) is 5.01 Å². The summed E-state index contributed by atoms with van der Waals surface area (Å²) in [6, 6.07) is 0. The van der Waals surface area contributed by atoms with Crippen LogP contribution in [0.1, 0.15) is 0 Å². The molecule has 0 aliphatic rings. The van der Waals surface area contributed by atoms with Crippen molar-refractivity contribution in [3.63, 3.8) is 0 Å². The maximum absolute atomic E-state index is 5.33. The van der Waals surface area contributed by atoms with Crippen LogP contribution >= 0.6 is 0 Å². The van der Waals surface area contributed by atoms with Crippen LogP contribution in [0.2, 0.25) is 0 Å². The lowest BCUT2D eigenvalue weighted by atomic mass is 10.8. The molecule has 0 amide bonds. The van der Waals surface area contributed by atoms with Gasteiger partial charge in [0.15, 0.2) is 0 Å². The average molecular weight is 169 g/mol. The molecule has 1 aromatic heterocycles. The Balaban J connectivity index is 2.85. The number of nitrogen functional groups attached to an aromatic ring is 2. The van der Waals surface area contributed by atoms with Crippen molar-refractivity contribution in [3.8, 4) is 0 Å². The molecule has 0 saturated heterocycles. The maximum Gasteiger partial charge on any atom is 0.244 e. The van der Waals surface area contributed by atoms with Gasteiger partial charge in [0.1, 0.15) is 0 Å². The SMILES string of the molecule is CN(C)Nc1nc(N)nc(N)n1. The van der Waals surface area contributed by atoms with Crippen molar-refractivity contribution in [2.75, 3.05) is 31.0 Å². The van der Waals surface area contributed by atoms with Crippen LogP contribution in [0.15, 0.2) is 0 Å². The molecule has 0 atom stereocenters. The Labute approximate surface area is 69.8 Å². The standard InChI is InChI=1S/C5H11N7/c1-12(2)11-5-9-3(6)8-4(7)10-5/h1-2H3,(H5,6,7,8,9,10,11). The molecule has 0 aliphatic carbocycles. The third kappa shape index (κ3) is 2.20. The van der Waals surface area contributed by atoms with Crippen molar-refractivity contribution >= 4 is 17.8 Å². The highest BCUT2D eigenvalue weighted by molar-refractivity contribution is 5.36. The van der Waals surface area contributed by atoms with Crippen molar-refractivity contribution in [1.29, 1.82) is 0 Å². The van der Waals surface area contributed by atoms with Crippen LogP contribution in [0.4, 0.5) is 17.8 Å². The predicted molar refractivity (Wildman–Crippen MR) is 46.0 cm³/mol. The Morgan fingerprint density at radius 3 is 2.00 bits per heavy atom. The number of nitrogens with two attached hydrogens (primary N) is 2. The van der Waals surface area contributed by atoms with Crippen LogP contribution in [0.25, 0.3) is 0 Å². The van der Waals surface area contributed by atoms with E-state index in [4.69, 9.17) is 11.5 Å². The monoisotopic (exact) mass is 169 g/mol. The normalized spacial score (nSPS) is 10.2. The zero-order valence-corrected chi connectivity index (χ0v) is 6.94. The van der Waals surface area contributed by atoms with Gasteiger partial charge in [-0.3, -0.25) is 5.43 Å². The van der Waals surface area contributed by atoms with Crippen LogP contribution in [0.3, 0.4) is 0 Å². The van der Waals surface area contributed by atoms with E-state index in [0.29, 0.717) is 5.95 Å². The zero-order chi connectivity index (χ0) is 9.14. The summed E-state index contributed by atoms with van der Waals surface area (Å²) in [5.41, 5.74) is 13.5. The molecular weight excluding hydrogens is 158 g/mol. The predicted octanol–water partition coefficient (Wildman–Crippen LogP) is -1.08. The molecule has 7 heteroatoms. The van der Waals surface area contributed by atoms with Crippen molar-refractivity contribution in [2.24, 2.45) is 0 Å². The third-order valence-corrected chi connectivity index (χ3v) is 0.994. The molecule has 1 rings (SSSR count). The topological polar surface area (TPSA) is 106 Å². The second-order valence-electron chi connectivity index (χ2n) is 2.38. The van der Waals surface area contributed by atoms with E-state index in [9.17, 15) is 0 Å². The van der Waals surface area contributed by atoms with Gasteiger partial charge in [-0.15, -0.1) is 0 Å². The number of aromatic nitrogens is 3. The number of hydrazine groups is 1. The molecule has 0 fully saturated rings. The van der Waals surface area contributed by atoms with E-state index < -0.39 is 0 Å². The second-order valence-corrected chi connectivity index (χ2v) is 2.38. The smallest absolute Gasteiger partial charge is 0.244 e. The summed E-state index contributed by atoms with van der Waals surface area (Å²) in [6.45, 7) is 0. The molecule has 12 heavy (non-hydrogen) atoms. The lowest BCUT2D eigenvalue weighted by Gasteiger charge is -2.11. The molecule has 7 nitrogen and oxygen atoms in total. The van der Waals surface area contributed by atoms with Gasteiger partial charge in [-0.05, 0) is 0 Å². The number of anilines is 3. The Bertz CT molecular complexity index is 250. The summed E-state index contributed by atoms with van der Waals surface area (Å²) in [4.78, 5) is 11.2. The highest BCUT2D eigenvalue weighted by Crippen LogP contribution is 2.02. The quantitative estimate of drug-likeness (QED) is 0.484. The Kier molecular flexibility index (Phi) is 2.24. The summed E-state index contributed by atoms with van der Waals surface area (Å²) in [7, 11) is 3.60. The average Bonchev–Trinajstić information content (AvgIpc) is 1.81. The summed E-state index contributed by atoms with van der Waals surface area (Å²) >= 11 is 0. The molecular formula is C5H11N7. The lowest BCUT2D eigenvalue weighted by molar-refractivity contribution is 0.489. The molecule has 0 unspecified atom stereocenters. The minimum atomic E-state index is 0.104. The second kappa shape index (κ2) is 3.18. The molecule has 0 spiro atoms. The van der Waals surface area contributed by atoms with Crippen molar-refractivity contribution < 1.29 is 0 Å². The first-order valence-electron chi connectivity index (χ1n) is 3.29. The van der Waals surface area contributed by atoms with E-state index in [2.05, 4.69) is 20.4 Å². The van der Waals surface area contributed by atoms with Crippen molar-refractivity contribution in [3.05, 3.63) is 0 Å². The van der Waals surface area contributed by atoms with Crippen LogP contribution in [0.5, 0.6) is 0 Å². The number of rotatable bonds is 2. The molecule has 1 aromatic rings. The first-order valence-corrected chi connectivity index (χ1v) is 3.29. The first-order chi connectivity index (χ1) is 5.58. The number of hydrogen-bond acceptors (Lipinski definition) is 7. The molecule has 0 saturated carbocycles. The fourth-order valence-corrected chi connectivity index (χ4v) is 0.659. The number of nitrogens with one attached hydrogen (secondary N) is 1. The van der Waals surface area contributed by atoms with Gasteiger partial charge in [0.25, 0.3) is 0 Å². The Morgan fingerprint density at radius 2 is 1.58 bits per heavy atom. The van der Waals surface area contributed by atoms with Gasteiger partial charge in [0.2, 0.25) is 17.8 Å². The van der Waals surface area contributed by atoms with Crippen LogP contribution < -0.4 is 16.9 Å². The molecule has 0 bridgehead atoms. The Morgan fingerprint density at radius 1 is 1.08 bits per heavy atom. The molecule has 0 aromatic carbocycles. The van der Waals surface area contributed by atoms with Gasteiger partial charge >= 0.3 is 0 Å². The zero-order valence-electron chi connectivity index (χ0n) is 6.94. The van der Waals surface area contributed by atoms with E-state index in [1.165, 1.54) is 0 Å². The fraction of sp³-hybridized carbons (Fsp3) is 0.400. The van der Waals surface area contributed by atoms with Crippen LogP contribution in [-0.4, -0.2) is 34.1 Å². The van der Waals surface area contributed by atoms with Gasteiger partial charge in [0, 0.05) is 14.1 Å². The molecule has 5 N–H and O–H groups in total. The molecule has 1 heterocycles. The highest BCUT2D eigenvalue weighted by Gasteiger charge is 2.00. The van der Waals surface area contributed by atoms with Gasteiger partial charge in [-0.1, -0.05) is 0 Å². The molecule has 0 aliphatic heterocycles. The summed E-state index contributed by atoms with van der Waals surface area (Å²) in [5, 5.41) is 1.67. The third-order valence-electron chi connectivity index (χ3n) is 0.994. The lowest BCUT2D eigenvalue weighted by Crippen LogP contribution is -2.22. The van der Waals surface area contributed by atoms with Gasteiger partial charge < -0.3 is 11.5 Å². The Hall–Kier alpha value is -1.63. The van der Waals surface area contributed by atoms with Crippen LogP contribution in [-0.2, 0) is 0 Å². The summed E-state index contributed by atoms with van der Waals surface area (Å²) < 4.78 is 0. The van der Waals surface area contributed by atoms with Crippen molar-refractivity contribution in [1.82, 2.24) is 20.0 Å². The number of hydrogen-bond donors (Lipinski definition) is 3. The van der Waals surface area contributed by atoms with E-state index >= 15 is 0 Å². The van der Waals surface area contributed by atoms with E-state index in [1.807, 2.05) is 0 Å². The van der Waals surface area contributed by atoms with Crippen LogP contribution in [0, 0.1) is 0 Å². The summed E-state index contributed by atoms with van der Waals surface area (Å²) in [5.74, 6) is 0.545. The minimum absolute atomic E-state index is 0.104. The first kappa shape index (κ1) is 8.47. The fourth-order valence-electron chi connectivity index (χ4n) is 0.659. The molecule has 66 valence electrons. The van der Waals surface area contributed by atoms with Crippen molar-refractivity contribution in [2.45, 2.75) is 0 Å². The van der Waals surface area contributed by atoms with Gasteiger partial charge in [-0.2, -0.15) is 15.0 Å². The van der Waals surface area contributed by atoms with E-state index in [1.54, 1.807) is 19.1 Å². The largest absolute Gasteiger partial charge is 0.368 e. The van der Waals surface area contributed by atoms with E-state index in [0.717, 1.165) is 0 Å². The minimum Gasteiger partial charge on any atom is -0.368 e. The molecule has 0 radical (unpaired) electrons.